The molecule has 0 amide bonds. The Kier molecular flexibility index (Phi) is 3.51. The van der Waals surface area contributed by atoms with Crippen LogP contribution in [-0.4, -0.2) is 15.6 Å². The fourth-order valence-electron chi connectivity index (χ4n) is 2.58. The summed E-state index contributed by atoms with van der Waals surface area (Å²) >= 11 is 0. The molecule has 0 saturated carbocycles. The van der Waals surface area contributed by atoms with Gasteiger partial charge in [-0.3, -0.25) is 5.32 Å². The molecule has 0 radical (unpaired) electrons. The Morgan fingerprint density at radius 3 is 3.05 bits per heavy atom. The molecule has 4 heteroatoms. The number of hydrogen-bond donors (Lipinski definition) is 1. The largest absolute Gasteiger partial charge is 0.467 e. The second kappa shape index (κ2) is 5.45. The highest BCUT2D eigenvalue weighted by atomic mass is 16.3. The molecule has 100 valence electrons. The SMILES string of the molecule is Cn1ccnc1C(NC1CC=CCC1)c1ccco1. The number of imidazole rings is 1. The molecule has 1 N–H and O–H groups in total. The van der Waals surface area contributed by atoms with E-state index in [1.807, 2.05) is 36.1 Å². The van der Waals surface area contributed by atoms with Gasteiger partial charge in [0.05, 0.1) is 6.26 Å². The first-order chi connectivity index (χ1) is 9.34. The minimum absolute atomic E-state index is 0.0199. The Bertz CT molecular complexity index is 542. The van der Waals surface area contributed by atoms with E-state index in [1.165, 1.54) is 0 Å². The quantitative estimate of drug-likeness (QED) is 0.856. The van der Waals surface area contributed by atoms with Crippen LogP contribution < -0.4 is 5.32 Å². The maximum Gasteiger partial charge on any atom is 0.133 e. The zero-order valence-electron chi connectivity index (χ0n) is 11.1. The van der Waals surface area contributed by atoms with Crippen molar-refractivity contribution >= 4 is 0 Å². The molecule has 2 unspecified atom stereocenters. The van der Waals surface area contributed by atoms with Crippen LogP contribution in [0.15, 0.2) is 47.4 Å². The summed E-state index contributed by atoms with van der Waals surface area (Å²) in [7, 11) is 2.01. The van der Waals surface area contributed by atoms with E-state index in [1.54, 1.807) is 6.26 Å². The van der Waals surface area contributed by atoms with Crippen LogP contribution in [0.3, 0.4) is 0 Å². The summed E-state index contributed by atoms with van der Waals surface area (Å²) < 4.78 is 7.62. The first-order valence-corrected chi connectivity index (χ1v) is 6.76. The van der Waals surface area contributed by atoms with Crippen LogP contribution in [0, 0.1) is 0 Å². The summed E-state index contributed by atoms with van der Waals surface area (Å²) in [5, 5.41) is 3.67. The van der Waals surface area contributed by atoms with E-state index in [9.17, 15) is 0 Å². The van der Waals surface area contributed by atoms with Gasteiger partial charge < -0.3 is 8.98 Å². The minimum Gasteiger partial charge on any atom is -0.467 e. The van der Waals surface area contributed by atoms with Gasteiger partial charge in [-0.05, 0) is 31.4 Å². The molecule has 2 heterocycles. The molecule has 0 aliphatic heterocycles. The second-order valence-corrected chi connectivity index (χ2v) is 4.99. The van der Waals surface area contributed by atoms with Gasteiger partial charge >= 0.3 is 0 Å². The molecule has 1 aliphatic carbocycles. The summed E-state index contributed by atoms with van der Waals surface area (Å²) in [6, 6.07) is 4.43. The van der Waals surface area contributed by atoms with Gasteiger partial charge in [-0.1, -0.05) is 12.2 Å². The lowest BCUT2D eigenvalue weighted by molar-refractivity contribution is 0.374. The lowest BCUT2D eigenvalue weighted by atomic mass is 10.0. The van der Waals surface area contributed by atoms with Crippen LogP contribution in [0.4, 0.5) is 0 Å². The fourth-order valence-corrected chi connectivity index (χ4v) is 2.58. The molecule has 0 fully saturated rings. The van der Waals surface area contributed by atoms with Crippen LogP contribution >= 0.6 is 0 Å². The smallest absolute Gasteiger partial charge is 0.133 e. The van der Waals surface area contributed by atoms with Gasteiger partial charge in [-0.25, -0.2) is 4.98 Å². The number of aryl methyl sites for hydroxylation is 1. The van der Waals surface area contributed by atoms with Gasteiger partial charge in [0, 0.05) is 25.5 Å². The van der Waals surface area contributed by atoms with Crippen molar-refractivity contribution in [2.45, 2.75) is 31.3 Å². The van der Waals surface area contributed by atoms with E-state index in [-0.39, 0.29) is 6.04 Å². The predicted molar refractivity (Wildman–Crippen MR) is 73.7 cm³/mol. The van der Waals surface area contributed by atoms with Crippen LogP contribution in [0.5, 0.6) is 0 Å². The summed E-state index contributed by atoms with van der Waals surface area (Å²) in [6.45, 7) is 0. The first-order valence-electron chi connectivity index (χ1n) is 6.76. The van der Waals surface area contributed by atoms with Gasteiger partial charge in [0.15, 0.2) is 0 Å². The number of aromatic nitrogens is 2. The zero-order chi connectivity index (χ0) is 13.1. The highest BCUT2D eigenvalue weighted by molar-refractivity contribution is 5.16. The van der Waals surface area contributed by atoms with Crippen molar-refractivity contribution < 1.29 is 4.42 Å². The number of nitrogens with one attached hydrogen (secondary N) is 1. The molecular formula is C15H19N3O. The second-order valence-electron chi connectivity index (χ2n) is 4.99. The van der Waals surface area contributed by atoms with E-state index < -0.39 is 0 Å². The molecule has 0 bridgehead atoms. The maximum absolute atomic E-state index is 5.58. The third kappa shape index (κ3) is 2.63. The zero-order valence-corrected chi connectivity index (χ0v) is 11.1. The summed E-state index contributed by atoms with van der Waals surface area (Å²) in [4.78, 5) is 4.46. The highest BCUT2D eigenvalue weighted by Crippen LogP contribution is 2.24. The first kappa shape index (κ1) is 12.2. The summed E-state index contributed by atoms with van der Waals surface area (Å²) in [6.07, 6.45) is 13.4. The van der Waals surface area contributed by atoms with Gasteiger partial charge in [0.25, 0.3) is 0 Å². The summed E-state index contributed by atoms with van der Waals surface area (Å²) in [5.41, 5.74) is 0. The molecule has 3 rings (SSSR count). The predicted octanol–water partition coefficient (Wildman–Crippen LogP) is 2.80. The van der Waals surface area contributed by atoms with E-state index in [0.717, 1.165) is 30.8 Å². The maximum atomic E-state index is 5.58. The molecule has 0 spiro atoms. The normalized spacial score (nSPS) is 20.6. The molecule has 19 heavy (non-hydrogen) atoms. The molecule has 4 nitrogen and oxygen atoms in total. The number of allylic oxidation sites excluding steroid dienone is 1. The van der Waals surface area contributed by atoms with Crippen LogP contribution in [0.1, 0.15) is 36.9 Å². The van der Waals surface area contributed by atoms with Crippen molar-refractivity contribution in [2.75, 3.05) is 0 Å². The van der Waals surface area contributed by atoms with E-state index in [4.69, 9.17) is 4.42 Å². The lowest BCUT2D eigenvalue weighted by Gasteiger charge is -2.25. The van der Waals surface area contributed by atoms with E-state index in [0.29, 0.717) is 6.04 Å². The lowest BCUT2D eigenvalue weighted by Crippen LogP contribution is -2.35. The fraction of sp³-hybridized carbons (Fsp3) is 0.400. The average Bonchev–Trinajstić information content (AvgIpc) is 3.09. The Morgan fingerprint density at radius 2 is 2.42 bits per heavy atom. The Balaban J connectivity index is 1.85. The monoisotopic (exact) mass is 257 g/mol. The molecule has 0 saturated heterocycles. The van der Waals surface area contributed by atoms with E-state index in [2.05, 4.69) is 22.5 Å². The molecular weight excluding hydrogens is 238 g/mol. The van der Waals surface area contributed by atoms with Gasteiger partial charge in [0.2, 0.25) is 0 Å². The van der Waals surface area contributed by atoms with Crippen LogP contribution in [0.25, 0.3) is 0 Å². The molecule has 2 aromatic heterocycles. The van der Waals surface area contributed by atoms with Crippen molar-refractivity contribution in [3.05, 3.63) is 54.5 Å². The standard InChI is InChI=1S/C15H19N3O/c1-18-10-9-16-15(18)14(13-8-5-11-19-13)17-12-6-3-2-4-7-12/h2-3,5,8-12,14,17H,4,6-7H2,1H3. The average molecular weight is 257 g/mol. The number of hydrogen-bond acceptors (Lipinski definition) is 3. The third-order valence-electron chi connectivity index (χ3n) is 3.62. The minimum atomic E-state index is 0.0199. The number of rotatable bonds is 4. The number of furan rings is 1. The topological polar surface area (TPSA) is 43.0 Å². The molecule has 2 aromatic rings. The Labute approximate surface area is 113 Å². The van der Waals surface area contributed by atoms with Crippen molar-refractivity contribution in [2.24, 2.45) is 7.05 Å². The van der Waals surface area contributed by atoms with E-state index >= 15 is 0 Å². The number of nitrogens with zero attached hydrogens (tertiary/aromatic N) is 2. The Morgan fingerprint density at radius 1 is 1.47 bits per heavy atom. The van der Waals surface area contributed by atoms with Crippen molar-refractivity contribution in [3.8, 4) is 0 Å². The van der Waals surface area contributed by atoms with Crippen molar-refractivity contribution in [3.63, 3.8) is 0 Å². The molecule has 0 aromatic carbocycles. The van der Waals surface area contributed by atoms with Crippen LogP contribution in [-0.2, 0) is 7.05 Å². The third-order valence-corrected chi connectivity index (χ3v) is 3.62. The van der Waals surface area contributed by atoms with Crippen molar-refractivity contribution in [1.29, 1.82) is 0 Å². The van der Waals surface area contributed by atoms with Gasteiger partial charge in [0.1, 0.15) is 17.6 Å². The van der Waals surface area contributed by atoms with Crippen LogP contribution in [0.2, 0.25) is 0 Å². The Hall–Kier alpha value is -1.81. The molecule has 2 atom stereocenters. The van der Waals surface area contributed by atoms with Gasteiger partial charge in [-0.2, -0.15) is 0 Å². The highest BCUT2D eigenvalue weighted by Gasteiger charge is 2.24. The van der Waals surface area contributed by atoms with Gasteiger partial charge in [-0.15, -0.1) is 0 Å². The summed E-state index contributed by atoms with van der Waals surface area (Å²) in [5.74, 6) is 1.91. The molecule has 1 aliphatic rings. The van der Waals surface area contributed by atoms with Crippen molar-refractivity contribution in [1.82, 2.24) is 14.9 Å².